The van der Waals surface area contributed by atoms with Gasteiger partial charge >= 0.3 is 12.0 Å². The Bertz CT molecular complexity index is 1370. The lowest BCUT2D eigenvalue weighted by Gasteiger charge is -2.31. The first-order chi connectivity index (χ1) is 23.7. The molecule has 0 heterocycles. The van der Waals surface area contributed by atoms with E-state index in [1.807, 2.05) is 34.6 Å². The van der Waals surface area contributed by atoms with Gasteiger partial charge in [-0.2, -0.15) is 0 Å². The summed E-state index contributed by atoms with van der Waals surface area (Å²) in [4.78, 5) is 76.3. The van der Waals surface area contributed by atoms with Gasteiger partial charge in [0.15, 0.2) is 0 Å². The number of hydrogen-bond donors (Lipinski definition) is 5. The van der Waals surface area contributed by atoms with Crippen molar-refractivity contribution in [1.82, 2.24) is 16.0 Å². The molecule has 294 valence electrons. The van der Waals surface area contributed by atoms with E-state index >= 15 is 0 Å². The number of anilines is 1. The van der Waals surface area contributed by atoms with Crippen molar-refractivity contribution in [1.29, 1.82) is 0 Å². The van der Waals surface area contributed by atoms with Crippen LogP contribution in [0.2, 0.25) is 0 Å². The lowest BCUT2D eigenvalue weighted by atomic mass is 9.86. The zero-order valence-electron chi connectivity index (χ0n) is 33.5. The van der Waals surface area contributed by atoms with E-state index in [2.05, 4.69) is 21.3 Å². The first-order valence-corrected chi connectivity index (χ1v) is 18.1. The lowest BCUT2D eigenvalue weighted by molar-refractivity contribution is -0.154. The van der Waals surface area contributed by atoms with E-state index in [1.54, 1.807) is 72.7 Å². The molecule has 0 aliphatic carbocycles. The molecule has 0 fully saturated rings. The molecule has 0 bridgehead atoms. The molecule has 13 heteroatoms. The summed E-state index contributed by atoms with van der Waals surface area (Å²) in [6.45, 7) is 22.6. The van der Waals surface area contributed by atoms with Crippen LogP contribution in [0.4, 0.5) is 10.5 Å². The minimum absolute atomic E-state index is 0.0832. The number of ketones is 1. The highest BCUT2D eigenvalue weighted by atomic mass is 16.5. The van der Waals surface area contributed by atoms with Gasteiger partial charge in [-0.15, -0.1) is 0 Å². The molecule has 0 aromatic heterocycles. The molecule has 2 atom stereocenters. The number of nitrogens with one attached hydrogen (secondary N) is 4. The maximum Gasteiger partial charge on any atom is 0.312 e. The Labute approximate surface area is 310 Å². The van der Waals surface area contributed by atoms with Gasteiger partial charge in [0.2, 0.25) is 17.7 Å². The fourth-order valence-electron chi connectivity index (χ4n) is 4.76. The van der Waals surface area contributed by atoms with Crippen molar-refractivity contribution in [3.05, 3.63) is 29.8 Å². The minimum atomic E-state index is -0.999. The van der Waals surface area contributed by atoms with E-state index in [4.69, 9.17) is 15.2 Å². The first kappa shape index (κ1) is 46.0. The van der Waals surface area contributed by atoms with Gasteiger partial charge in [0.1, 0.15) is 24.5 Å². The molecule has 1 aromatic rings. The highest BCUT2D eigenvalue weighted by Gasteiger charge is 2.35. The van der Waals surface area contributed by atoms with Gasteiger partial charge < -0.3 is 36.5 Å². The topological polar surface area (TPSA) is 195 Å². The van der Waals surface area contributed by atoms with Gasteiger partial charge in [0.25, 0.3) is 0 Å². The van der Waals surface area contributed by atoms with E-state index in [-0.39, 0.29) is 49.8 Å². The van der Waals surface area contributed by atoms with Crippen LogP contribution in [0.1, 0.15) is 121 Å². The van der Waals surface area contributed by atoms with Gasteiger partial charge in [-0.05, 0) is 83.9 Å². The third-order valence-corrected chi connectivity index (χ3v) is 8.67. The lowest BCUT2D eigenvalue weighted by Crippen LogP contribution is -2.56. The summed E-state index contributed by atoms with van der Waals surface area (Å²) in [7, 11) is 0. The number of primary amides is 1. The van der Waals surface area contributed by atoms with Crippen LogP contribution in [-0.4, -0.2) is 66.3 Å². The first-order valence-electron chi connectivity index (χ1n) is 18.1. The molecular weight excluding hydrogens is 666 g/mol. The summed E-state index contributed by atoms with van der Waals surface area (Å²) in [5.74, 6) is -1.84. The average Bonchev–Trinajstić information content (AvgIpc) is 3.01. The standard InChI is InChI=1S/C39H65N5O8/c1-25(2)30(44-33(48)38(9,10)21-23-52-39(11,12)20-19-29(45)36(3,4)5)32(47)43-28(14-13-22-41-35(40)50)31(46)42-27-17-15-26(16-18-27)24-51-34(49)37(6,7)8/h15-18,25,28,30H,13-14,19-24H2,1-12H3,(H,42,46)(H,43,47)(H,44,48)(H3,40,41,50)/t28-,30?/m1/s1. The highest BCUT2D eigenvalue weighted by molar-refractivity contribution is 5.98. The molecule has 0 aliphatic rings. The number of Topliss-reactive ketones (excluding diaryl/α,β-unsaturated/α-hetero) is 1. The summed E-state index contributed by atoms with van der Waals surface area (Å²) >= 11 is 0. The van der Waals surface area contributed by atoms with Crippen molar-refractivity contribution in [3.8, 4) is 0 Å². The summed E-state index contributed by atoms with van der Waals surface area (Å²) in [5.41, 5.74) is 3.89. The number of urea groups is 1. The second kappa shape index (κ2) is 19.7. The van der Waals surface area contributed by atoms with Crippen molar-refractivity contribution in [2.24, 2.45) is 27.9 Å². The summed E-state index contributed by atoms with van der Waals surface area (Å²) in [6.07, 6.45) is 1.84. The molecule has 0 spiro atoms. The molecule has 0 radical (unpaired) electrons. The van der Waals surface area contributed by atoms with E-state index in [9.17, 15) is 28.8 Å². The Hall–Kier alpha value is -4.00. The molecule has 0 saturated carbocycles. The van der Waals surface area contributed by atoms with Gasteiger partial charge in [-0.1, -0.05) is 60.6 Å². The van der Waals surface area contributed by atoms with Crippen molar-refractivity contribution >= 4 is 41.2 Å². The average molecular weight is 732 g/mol. The quantitative estimate of drug-likeness (QED) is 0.0869. The van der Waals surface area contributed by atoms with Crippen LogP contribution in [-0.2, 0) is 40.1 Å². The summed E-state index contributed by atoms with van der Waals surface area (Å²) < 4.78 is 11.5. The zero-order chi connectivity index (χ0) is 40.1. The largest absolute Gasteiger partial charge is 0.460 e. The molecule has 6 N–H and O–H groups in total. The second-order valence-corrected chi connectivity index (χ2v) is 17.1. The van der Waals surface area contributed by atoms with E-state index in [0.29, 0.717) is 31.4 Å². The van der Waals surface area contributed by atoms with Gasteiger partial charge in [0.05, 0.1) is 11.0 Å². The Morgan fingerprint density at radius 1 is 0.788 bits per heavy atom. The number of hydrogen-bond acceptors (Lipinski definition) is 8. The van der Waals surface area contributed by atoms with Crippen LogP contribution in [0.5, 0.6) is 0 Å². The molecule has 13 nitrogen and oxygen atoms in total. The number of amides is 5. The molecule has 0 saturated heterocycles. The number of carbonyl (C=O) groups excluding carboxylic acids is 6. The fourth-order valence-corrected chi connectivity index (χ4v) is 4.76. The summed E-state index contributed by atoms with van der Waals surface area (Å²) in [5, 5.41) is 11.0. The Kier molecular flexibility index (Phi) is 17.5. The molecule has 5 amide bonds. The van der Waals surface area contributed by atoms with E-state index in [1.165, 1.54) is 0 Å². The SMILES string of the molecule is CC(C)C(NC(=O)C(C)(C)CCOC(C)(C)CCC(=O)C(C)(C)C)C(=O)N[C@H](CCCNC(N)=O)C(=O)Nc1ccc(COC(=O)C(C)(C)C)cc1. The van der Waals surface area contributed by atoms with Crippen molar-refractivity contribution in [3.63, 3.8) is 0 Å². The Morgan fingerprint density at radius 3 is 1.90 bits per heavy atom. The predicted octanol–water partition coefficient (Wildman–Crippen LogP) is 5.40. The van der Waals surface area contributed by atoms with Crippen molar-refractivity contribution < 1.29 is 38.2 Å². The van der Waals surface area contributed by atoms with E-state index in [0.717, 1.165) is 5.56 Å². The van der Waals surface area contributed by atoms with Gasteiger partial charge in [0, 0.05) is 36.1 Å². The second-order valence-electron chi connectivity index (χ2n) is 17.1. The number of rotatable bonds is 20. The van der Waals surface area contributed by atoms with Crippen LogP contribution in [0, 0.1) is 22.2 Å². The third kappa shape index (κ3) is 17.0. The molecule has 0 aliphatic heterocycles. The third-order valence-electron chi connectivity index (χ3n) is 8.67. The smallest absolute Gasteiger partial charge is 0.312 e. The maximum atomic E-state index is 13.7. The van der Waals surface area contributed by atoms with E-state index < -0.39 is 51.8 Å². The number of benzene rings is 1. The maximum absolute atomic E-state index is 13.7. The van der Waals surface area contributed by atoms with Gasteiger partial charge in [-0.25, -0.2) is 4.79 Å². The Balaban J connectivity index is 2.95. The van der Waals surface area contributed by atoms with Crippen LogP contribution < -0.4 is 27.0 Å². The Morgan fingerprint density at radius 2 is 1.38 bits per heavy atom. The predicted molar refractivity (Wildman–Crippen MR) is 202 cm³/mol. The van der Waals surface area contributed by atoms with Crippen LogP contribution in [0.25, 0.3) is 0 Å². The number of carbonyl (C=O) groups is 6. The normalized spacial score (nSPS) is 13.5. The molecule has 1 unspecified atom stereocenters. The van der Waals surface area contributed by atoms with Crippen LogP contribution in [0.3, 0.4) is 0 Å². The highest BCUT2D eigenvalue weighted by Crippen LogP contribution is 2.27. The van der Waals surface area contributed by atoms with Crippen LogP contribution in [0.15, 0.2) is 24.3 Å². The zero-order valence-corrected chi connectivity index (χ0v) is 33.5. The molecule has 52 heavy (non-hydrogen) atoms. The van der Waals surface area contributed by atoms with Crippen molar-refractivity contribution in [2.45, 2.75) is 139 Å². The fraction of sp³-hybridized carbons (Fsp3) is 0.692. The molecular formula is C39H65N5O8. The summed E-state index contributed by atoms with van der Waals surface area (Å²) in [6, 6.07) is 4.14. The number of nitrogens with two attached hydrogens (primary N) is 1. The van der Waals surface area contributed by atoms with Gasteiger partial charge in [-0.3, -0.25) is 24.0 Å². The van der Waals surface area contributed by atoms with Crippen molar-refractivity contribution in [2.75, 3.05) is 18.5 Å². The molecule has 1 aromatic carbocycles. The van der Waals surface area contributed by atoms with Crippen LogP contribution >= 0.6 is 0 Å². The number of ether oxygens (including phenoxy) is 2. The molecule has 1 rings (SSSR count). The monoisotopic (exact) mass is 731 g/mol. The minimum Gasteiger partial charge on any atom is -0.460 e. The number of esters is 1.